The zero-order chi connectivity index (χ0) is 13.4. The van der Waals surface area contributed by atoms with E-state index in [-0.39, 0.29) is 17.3 Å². The van der Waals surface area contributed by atoms with Crippen LogP contribution in [-0.4, -0.2) is 21.1 Å². The van der Waals surface area contributed by atoms with Gasteiger partial charge in [-0.15, -0.1) is 0 Å². The van der Waals surface area contributed by atoms with Crippen LogP contribution in [0.4, 0.5) is 0 Å². The quantitative estimate of drug-likeness (QED) is 0.879. The Morgan fingerprint density at radius 2 is 2.00 bits per heavy atom. The van der Waals surface area contributed by atoms with Crippen LogP contribution in [0.2, 0.25) is 5.02 Å². The normalized spacial score (nSPS) is 16.9. The Morgan fingerprint density at radius 3 is 2.74 bits per heavy atom. The van der Waals surface area contributed by atoms with E-state index in [2.05, 4.69) is 4.98 Å². The van der Waals surface area contributed by atoms with Gasteiger partial charge in [0.15, 0.2) is 0 Å². The van der Waals surface area contributed by atoms with Crippen LogP contribution in [-0.2, 0) is 0 Å². The third-order valence-corrected chi connectivity index (χ3v) is 4.73. The molecule has 19 heavy (non-hydrogen) atoms. The minimum atomic E-state index is -0.336. The minimum absolute atomic E-state index is 0.0116. The number of nitrogens with zero attached hydrogens (tertiary/aromatic N) is 1. The Labute approximate surface area is 118 Å². The third-order valence-electron chi connectivity index (χ3n) is 3.45. The zero-order valence-electron chi connectivity index (χ0n) is 10.2. The first-order valence-corrected chi connectivity index (χ1v) is 7.72. The number of hydrogen-bond acceptors (Lipinski definition) is 3. The summed E-state index contributed by atoms with van der Waals surface area (Å²) in [7, 11) is 0. The summed E-state index contributed by atoms with van der Waals surface area (Å²) < 4.78 is 1.37. The molecule has 0 atom stereocenters. The van der Waals surface area contributed by atoms with Crippen LogP contribution >= 0.6 is 23.4 Å². The highest BCUT2D eigenvalue weighted by Gasteiger charge is 2.20. The van der Waals surface area contributed by atoms with Crippen molar-refractivity contribution in [1.29, 1.82) is 0 Å². The molecular formula is C13H13ClN2O2S. The predicted octanol–water partition coefficient (Wildman–Crippen LogP) is 2.41. The maximum Gasteiger partial charge on any atom is 0.329 e. The summed E-state index contributed by atoms with van der Waals surface area (Å²) in [6.45, 7) is 0. The summed E-state index contributed by atoms with van der Waals surface area (Å²) in [5.74, 6) is 1.99. The summed E-state index contributed by atoms with van der Waals surface area (Å²) >= 11 is 7.74. The second-order valence-corrected chi connectivity index (χ2v) is 6.30. The van der Waals surface area contributed by atoms with Crippen molar-refractivity contribution < 1.29 is 0 Å². The molecule has 1 saturated heterocycles. The standard InChI is InChI=1S/C13H13ClN2O2S/c14-8-1-2-10-11(7-8)15-13(18)16(12(10)17)9-3-5-19-6-4-9/h1-2,7,9H,3-6H2,(H,15,18). The van der Waals surface area contributed by atoms with Gasteiger partial charge in [-0.25, -0.2) is 4.79 Å². The zero-order valence-corrected chi connectivity index (χ0v) is 11.8. The monoisotopic (exact) mass is 296 g/mol. The SMILES string of the molecule is O=c1[nH]c2cc(Cl)ccc2c(=O)n1C1CCSCC1. The van der Waals surface area contributed by atoms with Crippen molar-refractivity contribution in [2.45, 2.75) is 18.9 Å². The Kier molecular flexibility index (Phi) is 3.41. The van der Waals surface area contributed by atoms with Gasteiger partial charge in [0, 0.05) is 11.1 Å². The lowest BCUT2D eigenvalue weighted by molar-refractivity contribution is 0.441. The molecule has 4 nitrogen and oxygen atoms in total. The van der Waals surface area contributed by atoms with E-state index in [0.29, 0.717) is 15.9 Å². The molecule has 2 heterocycles. The smallest absolute Gasteiger partial charge is 0.307 e. The molecular weight excluding hydrogens is 284 g/mol. The van der Waals surface area contributed by atoms with Crippen molar-refractivity contribution >= 4 is 34.3 Å². The number of benzene rings is 1. The summed E-state index contributed by atoms with van der Waals surface area (Å²) in [5, 5.41) is 1.02. The topological polar surface area (TPSA) is 54.9 Å². The first-order chi connectivity index (χ1) is 9.16. The van der Waals surface area contributed by atoms with Crippen LogP contribution in [0.5, 0.6) is 0 Å². The van der Waals surface area contributed by atoms with Crippen LogP contribution in [0.15, 0.2) is 27.8 Å². The van der Waals surface area contributed by atoms with Crippen molar-refractivity contribution in [3.63, 3.8) is 0 Å². The number of rotatable bonds is 1. The van der Waals surface area contributed by atoms with E-state index < -0.39 is 0 Å². The number of aromatic nitrogens is 2. The lowest BCUT2D eigenvalue weighted by atomic mass is 10.1. The molecule has 0 saturated carbocycles. The van der Waals surface area contributed by atoms with E-state index in [1.165, 1.54) is 4.57 Å². The van der Waals surface area contributed by atoms with Crippen LogP contribution < -0.4 is 11.2 Å². The molecule has 1 aromatic heterocycles. The van der Waals surface area contributed by atoms with Crippen LogP contribution in [0, 0.1) is 0 Å². The Hall–Kier alpha value is -1.20. The molecule has 3 rings (SSSR count). The Balaban J connectivity index is 2.22. The highest BCUT2D eigenvalue weighted by Crippen LogP contribution is 2.25. The van der Waals surface area contributed by atoms with Gasteiger partial charge in [0.1, 0.15) is 0 Å². The van der Waals surface area contributed by atoms with Crippen molar-refractivity contribution in [2.75, 3.05) is 11.5 Å². The van der Waals surface area contributed by atoms with Gasteiger partial charge in [-0.05, 0) is 42.5 Å². The molecule has 0 bridgehead atoms. The Bertz CT molecular complexity index is 731. The molecule has 0 unspecified atom stereocenters. The average molecular weight is 297 g/mol. The van der Waals surface area contributed by atoms with Crippen molar-refractivity contribution in [3.05, 3.63) is 44.1 Å². The molecule has 6 heteroatoms. The summed E-state index contributed by atoms with van der Waals surface area (Å²) in [6.07, 6.45) is 1.74. The molecule has 1 aliphatic rings. The van der Waals surface area contributed by atoms with E-state index in [1.54, 1.807) is 18.2 Å². The van der Waals surface area contributed by atoms with E-state index in [9.17, 15) is 9.59 Å². The number of fused-ring (bicyclic) bond motifs is 1. The van der Waals surface area contributed by atoms with Crippen LogP contribution in [0.3, 0.4) is 0 Å². The van der Waals surface area contributed by atoms with Gasteiger partial charge in [-0.2, -0.15) is 11.8 Å². The fraction of sp³-hybridized carbons (Fsp3) is 0.385. The molecule has 1 aliphatic heterocycles. The molecule has 1 fully saturated rings. The lowest BCUT2D eigenvalue weighted by Gasteiger charge is -2.22. The van der Waals surface area contributed by atoms with E-state index >= 15 is 0 Å². The number of H-pyrrole nitrogens is 1. The van der Waals surface area contributed by atoms with Crippen molar-refractivity contribution in [2.24, 2.45) is 0 Å². The fourth-order valence-corrected chi connectivity index (χ4v) is 3.73. The molecule has 100 valence electrons. The second kappa shape index (κ2) is 5.06. The first kappa shape index (κ1) is 12.8. The molecule has 0 radical (unpaired) electrons. The summed E-state index contributed by atoms with van der Waals surface area (Å²) in [4.78, 5) is 27.3. The lowest BCUT2D eigenvalue weighted by Crippen LogP contribution is -2.39. The molecule has 1 aromatic carbocycles. The van der Waals surface area contributed by atoms with Crippen LogP contribution in [0.1, 0.15) is 18.9 Å². The number of thioether (sulfide) groups is 1. The van der Waals surface area contributed by atoms with E-state index in [1.807, 2.05) is 11.8 Å². The predicted molar refractivity (Wildman–Crippen MR) is 79.4 cm³/mol. The van der Waals surface area contributed by atoms with Crippen molar-refractivity contribution in [3.8, 4) is 0 Å². The maximum absolute atomic E-state index is 12.5. The second-order valence-electron chi connectivity index (χ2n) is 4.64. The van der Waals surface area contributed by atoms with Crippen LogP contribution in [0.25, 0.3) is 10.9 Å². The van der Waals surface area contributed by atoms with Gasteiger partial charge in [0.05, 0.1) is 10.9 Å². The number of halogens is 1. The van der Waals surface area contributed by atoms with Crippen molar-refractivity contribution in [1.82, 2.24) is 9.55 Å². The number of hydrogen-bond donors (Lipinski definition) is 1. The van der Waals surface area contributed by atoms with Gasteiger partial charge >= 0.3 is 5.69 Å². The average Bonchev–Trinajstić information content (AvgIpc) is 2.39. The number of aromatic amines is 1. The molecule has 0 spiro atoms. The summed E-state index contributed by atoms with van der Waals surface area (Å²) in [6, 6.07) is 4.97. The molecule has 0 amide bonds. The van der Waals surface area contributed by atoms with Gasteiger partial charge in [-0.1, -0.05) is 11.6 Å². The highest BCUT2D eigenvalue weighted by atomic mass is 35.5. The summed E-state index contributed by atoms with van der Waals surface area (Å²) in [5.41, 5.74) is -0.0482. The molecule has 2 aromatic rings. The fourth-order valence-electron chi connectivity index (χ4n) is 2.48. The van der Waals surface area contributed by atoms with Gasteiger partial charge in [0.25, 0.3) is 5.56 Å². The minimum Gasteiger partial charge on any atom is -0.307 e. The van der Waals surface area contributed by atoms with Gasteiger partial charge in [0.2, 0.25) is 0 Å². The largest absolute Gasteiger partial charge is 0.329 e. The molecule has 1 N–H and O–H groups in total. The van der Waals surface area contributed by atoms with Gasteiger partial charge in [-0.3, -0.25) is 9.36 Å². The van der Waals surface area contributed by atoms with E-state index in [4.69, 9.17) is 11.6 Å². The molecule has 0 aliphatic carbocycles. The third kappa shape index (κ3) is 2.32. The van der Waals surface area contributed by atoms with Gasteiger partial charge < -0.3 is 4.98 Å². The Morgan fingerprint density at radius 1 is 1.26 bits per heavy atom. The first-order valence-electron chi connectivity index (χ1n) is 6.18. The number of nitrogens with one attached hydrogen (secondary N) is 1. The van der Waals surface area contributed by atoms with E-state index in [0.717, 1.165) is 24.3 Å². The highest BCUT2D eigenvalue weighted by molar-refractivity contribution is 7.99. The maximum atomic E-state index is 12.5.